The number of aliphatic hydroxyl groups is 1. The van der Waals surface area contributed by atoms with Gasteiger partial charge >= 0.3 is 11.9 Å². The average molecular weight is 559 g/mol. The molecule has 0 unspecified atom stereocenters. The lowest BCUT2D eigenvalue weighted by atomic mass is 10.1. The summed E-state index contributed by atoms with van der Waals surface area (Å²) in [5.74, 6) is -1.09. The maximum atomic E-state index is 12.8. The highest BCUT2D eigenvalue weighted by Crippen LogP contribution is 2.41. The lowest BCUT2D eigenvalue weighted by Gasteiger charge is -2.11. The Hall–Kier alpha value is -4.04. The zero-order valence-corrected chi connectivity index (χ0v) is 24.3. The number of hydrogen-bond donors (Lipinski definition) is 1. The van der Waals surface area contributed by atoms with E-state index in [4.69, 9.17) is 9.47 Å². The largest absolute Gasteiger partial charge is 0.506 e. The number of unbranched alkanes of at least 4 members (excludes halogenated alkanes) is 1. The van der Waals surface area contributed by atoms with Crippen LogP contribution in [0.1, 0.15) is 59.6 Å². The minimum atomic E-state index is -0.611. The molecule has 0 amide bonds. The molecule has 0 spiro atoms. The molecular formula is C32H34N2O5S. The molecule has 0 saturated heterocycles. The van der Waals surface area contributed by atoms with Crippen molar-refractivity contribution in [1.82, 2.24) is 4.57 Å². The van der Waals surface area contributed by atoms with Gasteiger partial charge in [0, 0.05) is 17.1 Å². The number of esters is 2. The summed E-state index contributed by atoms with van der Waals surface area (Å²) in [6.07, 6.45) is 3.66. The van der Waals surface area contributed by atoms with Gasteiger partial charge in [0.05, 0.1) is 29.4 Å². The Kier molecular flexibility index (Phi) is 9.32. The van der Waals surface area contributed by atoms with Crippen LogP contribution in [0.15, 0.2) is 75.8 Å². The van der Waals surface area contributed by atoms with Crippen molar-refractivity contribution < 1.29 is 24.2 Å². The molecule has 0 atom stereocenters. The Morgan fingerprint density at radius 1 is 0.975 bits per heavy atom. The minimum Gasteiger partial charge on any atom is -0.506 e. The van der Waals surface area contributed by atoms with Crippen molar-refractivity contribution in [1.29, 1.82) is 0 Å². The van der Waals surface area contributed by atoms with Crippen LogP contribution >= 0.6 is 11.8 Å². The standard InChI is InChI=1S/C32H34N2O5S/c1-6-8-17-39-31(36)23-11-15-26(16-12-23)34-21(4)18-24(22(34)5)19-27-29(35)28(32(37)38-7-2)30(40-27)33-25-13-9-20(3)10-14-25/h9-16,18-19,35H,6-8,17H2,1-5H3/b27-19-,33-30?. The fourth-order valence-corrected chi connectivity index (χ4v) is 5.37. The van der Waals surface area contributed by atoms with E-state index >= 15 is 0 Å². The van der Waals surface area contributed by atoms with E-state index in [1.807, 2.05) is 69.3 Å². The zero-order chi connectivity index (χ0) is 28.8. The number of carbonyl (C=O) groups excluding carboxylic acids is 2. The van der Waals surface area contributed by atoms with Crippen LogP contribution in [-0.4, -0.2) is 39.9 Å². The molecular weight excluding hydrogens is 524 g/mol. The molecule has 1 aromatic heterocycles. The molecule has 2 aromatic carbocycles. The van der Waals surface area contributed by atoms with Gasteiger partial charge in [-0.1, -0.05) is 42.8 Å². The first-order chi connectivity index (χ1) is 19.2. The van der Waals surface area contributed by atoms with Crippen molar-refractivity contribution in [3.63, 3.8) is 0 Å². The van der Waals surface area contributed by atoms with Gasteiger partial charge in [-0.25, -0.2) is 14.6 Å². The van der Waals surface area contributed by atoms with Crippen LogP contribution in [-0.2, 0) is 14.3 Å². The van der Waals surface area contributed by atoms with E-state index in [2.05, 4.69) is 16.5 Å². The number of thioether (sulfide) groups is 1. The Labute approximate surface area is 239 Å². The van der Waals surface area contributed by atoms with Gasteiger partial charge in [-0.3, -0.25) is 0 Å². The molecule has 0 bridgehead atoms. The van der Waals surface area contributed by atoms with Crippen LogP contribution in [0.4, 0.5) is 5.69 Å². The van der Waals surface area contributed by atoms with Crippen molar-refractivity contribution in [3.05, 3.63) is 98.9 Å². The number of nitrogens with zero attached hydrogens (tertiary/aromatic N) is 2. The molecule has 3 aromatic rings. The third-order valence-electron chi connectivity index (χ3n) is 6.48. The fourth-order valence-electron chi connectivity index (χ4n) is 4.34. The van der Waals surface area contributed by atoms with E-state index in [0.29, 0.717) is 27.8 Å². The summed E-state index contributed by atoms with van der Waals surface area (Å²) in [6.45, 7) is 10.4. The normalized spacial score (nSPS) is 15.2. The predicted molar refractivity (Wildman–Crippen MR) is 161 cm³/mol. The molecule has 0 saturated carbocycles. The van der Waals surface area contributed by atoms with Crippen molar-refractivity contribution in [2.75, 3.05) is 13.2 Å². The lowest BCUT2D eigenvalue weighted by molar-refractivity contribution is -0.138. The van der Waals surface area contributed by atoms with Crippen molar-refractivity contribution in [2.24, 2.45) is 4.99 Å². The molecule has 1 aliphatic heterocycles. The molecule has 0 fully saturated rings. The van der Waals surface area contributed by atoms with E-state index in [0.717, 1.165) is 41.0 Å². The van der Waals surface area contributed by atoms with Gasteiger partial charge in [0.1, 0.15) is 16.4 Å². The van der Waals surface area contributed by atoms with Gasteiger partial charge in [0.25, 0.3) is 0 Å². The number of carbonyl (C=O) groups is 2. The number of ether oxygens (including phenoxy) is 2. The number of benzene rings is 2. The summed E-state index contributed by atoms with van der Waals surface area (Å²) in [5, 5.41) is 11.5. The Bertz CT molecular complexity index is 1500. The van der Waals surface area contributed by atoms with E-state index in [1.54, 1.807) is 19.1 Å². The summed E-state index contributed by atoms with van der Waals surface area (Å²) >= 11 is 1.23. The highest BCUT2D eigenvalue weighted by molar-refractivity contribution is 8.18. The molecule has 40 heavy (non-hydrogen) atoms. The van der Waals surface area contributed by atoms with Crippen LogP contribution in [0, 0.1) is 20.8 Å². The molecule has 8 heteroatoms. The van der Waals surface area contributed by atoms with Gasteiger partial charge in [0.2, 0.25) is 0 Å². The molecule has 0 aliphatic carbocycles. The molecule has 2 heterocycles. The maximum Gasteiger partial charge on any atom is 0.344 e. The third kappa shape index (κ3) is 6.39. The van der Waals surface area contributed by atoms with Crippen LogP contribution in [0.2, 0.25) is 0 Å². The summed E-state index contributed by atoms with van der Waals surface area (Å²) in [5.41, 5.74) is 6.06. The van der Waals surface area contributed by atoms with E-state index in [-0.39, 0.29) is 23.9 Å². The van der Waals surface area contributed by atoms with Crippen molar-refractivity contribution >= 4 is 40.5 Å². The molecule has 4 rings (SSSR count). The van der Waals surface area contributed by atoms with Gasteiger partial charge in [-0.15, -0.1) is 0 Å². The van der Waals surface area contributed by atoms with Gasteiger partial charge in [-0.2, -0.15) is 0 Å². The molecule has 7 nitrogen and oxygen atoms in total. The second-order valence-electron chi connectivity index (χ2n) is 9.51. The van der Waals surface area contributed by atoms with E-state index in [9.17, 15) is 14.7 Å². The Morgan fingerprint density at radius 3 is 2.33 bits per heavy atom. The number of hydrogen-bond acceptors (Lipinski definition) is 7. The molecule has 1 aliphatic rings. The zero-order valence-electron chi connectivity index (χ0n) is 23.5. The number of aliphatic hydroxyl groups excluding tert-OH is 1. The maximum absolute atomic E-state index is 12.8. The highest BCUT2D eigenvalue weighted by Gasteiger charge is 2.33. The fraction of sp³-hybridized carbons (Fsp3) is 0.281. The number of aliphatic imine (C=N–C) groups is 1. The summed E-state index contributed by atoms with van der Waals surface area (Å²) in [6, 6.07) is 17.0. The monoisotopic (exact) mass is 558 g/mol. The Morgan fingerprint density at radius 2 is 1.68 bits per heavy atom. The molecule has 0 radical (unpaired) electrons. The SMILES string of the molecule is CCCCOC(=O)c1ccc(-n2c(C)cc(/C=C3\SC(=Nc4ccc(C)cc4)C(C(=O)OCC)=C3O)c2C)cc1. The summed E-state index contributed by atoms with van der Waals surface area (Å²) < 4.78 is 12.6. The summed E-state index contributed by atoms with van der Waals surface area (Å²) in [7, 11) is 0. The lowest BCUT2D eigenvalue weighted by Crippen LogP contribution is -2.12. The topological polar surface area (TPSA) is 90.1 Å². The van der Waals surface area contributed by atoms with Crippen LogP contribution in [0.5, 0.6) is 0 Å². The highest BCUT2D eigenvalue weighted by atomic mass is 32.2. The Balaban J connectivity index is 1.65. The number of rotatable bonds is 9. The number of aryl methyl sites for hydroxylation is 2. The average Bonchev–Trinajstić information content (AvgIpc) is 3.39. The molecule has 208 valence electrons. The predicted octanol–water partition coefficient (Wildman–Crippen LogP) is 7.55. The van der Waals surface area contributed by atoms with Gasteiger partial charge < -0.3 is 19.1 Å². The van der Waals surface area contributed by atoms with E-state index in [1.165, 1.54) is 11.8 Å². The first-order valence-electron chi connectivity index (χ1n) is 13.4. The number of aromatic nitrogens is 1. The van der Waals surface area contributed by atoms with Crippen LogP contribution in [0.25, 0.3) is 11.8 Å². The first kappa shape index (κ1) is 29.0. The van der Waals surface area contributed by atoms with Crippen molar-refractivity contribution in [3.8, 4) is 5.69 Å². The van der Waals surface area contributed by atoms with E-state index < -0.39 is 5.97 Å². The second-order valence-corrected chi connectivity index (χ2v) is 10.5. The second kappa shape index (κ2) is 12.9. The van der Waals surface area contributed by atoms with Gasteiger partial charge in [0.15, 0.2) is 0 Å². The van der Waals surface area contributed by atoms with Crippen LogP contribution in [0.3, 0.4) is 0 Å². The van der Waals surface area contributed by atoms with Crippen molar-refractivity contribution in [2.45, 2.75) is 47.5 Å². The summed E-state index contributed by atoms with van der Waals surface area (Å²) in [4.78, 5) is 30.2. The quantitative estimate of drug-likeness (QED) is 0.215. The third-order valence-corrected chi connectivity index (χ3v) is 7.50. The smallest absolute Gasteiger partial charge is 0.344 e. The minimum absolute atomic E-state index is 0.0638. The van der Waals surface area contributed by atoms with Crippen LogP contribution < -0.4 is 0 Å². The van der Waals surface area contributed by atoms with Gasteiger partial charge in [-0.05, 0) is 88.2 Å². The molecule has 1 N–H and O–H groups in total. The first-order valence-corrected chi connectivity index (χ1v) is 14.2.